The van der Waals surface area contributed by atoms with E-state index in [0.717, 1.165) is 22.8 Å². The largest absolute Gasteiger partial charge is 0.375 e. The lowest BCUT2D eigenvalue weighted by Gasteiger charge is -2.29. The molecule has 2 aromatic heterocycles. The molecule has 1 aliphatic rings. The molecule has 1 saturated heterocycles. The summed E-state index contributed by atoms with van der Waals surface area (Å²) in [6, 6.07) is 24.0. The number of amides is 1. The van der Waals surface area contributed by atoms with Crippen molar-refractivity contribution in [3.05, 3.63) is 108 Å². The second-order valence-corrected chi connectivity index (χ2v) is 9.48. The molecule has 37 heavy (non-hydrogen) atoms. The number of ether oxygens (including phenoxy) is 1. The maximum Gasteiger partial charge on any atom is 0.250 e. The molecule has 0 bridgehead atoms. The number of hydrogen-bond donors (Lipinski definition) is 2. The van der Waals surface area contributed by atoms with Crippen molar-refractivity contribution in [3.63, 3.8) is 0 Å². The third kappa shape index (κ3) is 4.98. The summed E-state index contributed by atoms with van der Waals surface area (Å²) in [7, 11) is 1.50. The van der Waals surface area contributed by atoms with E-state index >= 15 is 0 Å². The van der Waals surface area contributed by atoms with Crippen LogP contribution < -0.4 is 15.5 Å². The number of carbonyl (C=O) groups excluding carboxylic acids is 1. The average molecular weight is 512 g/mol. The standard InChI is InChI=1S/C29H29N5O2S/c1-19-9-12-23(17-20(19)2)33-16-6-8-25(33)28-27(24-7-4-5-15-30-24)32-29(37)34(28)22-13-10-21(11-14-22)31-26(35)18-36-3/h4-17,27-28H,18H2,1-3H3,(H,31,35)(H,32,37)/t27-,28-/m0/s1. The average Bonchev–Trinajstić information content (AvgIpc) is 3.51. The lowest BCUT2D eigenvalue weighted by Crippen LogP contribution is -2.30. The van der Waals surface area contributed by atoms with Gasteiger partial charge in [0.2, 0.25) is 5.91 Å². The smallest absolute Gasteiger partial charge is 0.250 e. The molecule has 2 atom stereocenters. The van der Waals surface area contributed by atoms with Crippen LogP contribution in [-0.2, 0) is 9.53 Å². The Labute approximate surface area is 222 Å². The summed E-state index contributed by atoms with van der Waals surface area (Å²) < 4.78 is 7.13. The van der Waals surface area contributed by atoms with Gasteiger partial charge in [0.15, 0.2) is 5.11 Å². The lowest BCUT2D eigenvalue weighted by atomic mass is 10.0. The van der Waals surface area contributed by atoms with Crippen LogP contribution >= 0.6 is 12.2 Å². The van der Waals surface area contributed by atoms with Crippen LogP contribution in [0.1, 0.15) is 34.6 Å². The number of rotatable bonds is 7. The molecular formula is C29H29N5O2S. The minimum absolute atomic E-state index is 0.00515. The Morgan fingerprint density at radius 2 is 1.81 bits per heavy atom. The summed E-state index contributed by atoms with van der Waals surface area (Å²) in [5.74, 6) is -0.201. The topological polar surface area (TPSA) is 71.4 Å². The molecule has 3 heterocycles. The first kappa shape index (κ1) is 24.7. The second-order valence-electron chi connectivity index (χ2n) is 9.10. The Balaban J connectivity index is 1.57. The molecule has 5 rings (SSSR count). The molecule has 0 saturated carbocycles. The van der Waals surface area contributed by atoms with Crippen LogP contribution in [0.5, 0.6) is 0 Å². The van der Waals surface area contributed by atoms with Gasteiger partial charge in [-0.15, -0.1) is 0 Å². The van der Waals surface area contributed by atoms with Gasteiger partial charge in [0, 0.05) is 42.3 Å². The number of thiocarbonyl (C=S) groups is 1. The first-order chi connectivity index (χ1) is 18.0. The quantitative estimate of drug-likeness (QED) is 0.330. The number of nitrogens with one attached hydrogen (secondary N) is 2. The van der Waals surface area contributed by atoms with Crippen LogP contribution in [0.2, 0.25) is 0 Å². The first-order valence-electron chi connectivity index (χ1n) is 12.1. The Bertz CT molecular complexity index is 1420. The van der Waals surface area contributed by atoms with Crippen molar-refractivity contribution in [2.75, 3.05) is 23.9 Å². The van der Waals surface area contributed by atoms with Gasteiger partial charge in [-0.1, -0.05) is 12.1 Å². The van der Waals surface area contributed by atoms with Gasteiger partial charge in [0.05, 0.1) is 11.7 Å². The van der Waals surface area contributed by atoms with Gasteiger partial charge in [-0.25, -0.2) is 0 Å². The monoisotopic (exact) mass is 511 g/mol. The van der Waals surface area contributed by atoms with Gasteiger partial charge < -0.3 is 24.8 Å². The number of hydrogen-bond acceptors (Lipinski definition) is 4. The SMILES string of the molecule is COCC(=O)Nc1ccc(N2C(=S)N[C@@H](c3ccccn3)[C@@H]2c2cccn2-c2ccc(C)c(C)c2)cc1. The number of aryl methyl sites for hydroxylation is 2. The van der Waals surface area contributed by atoms with E-state index in [2.05, 4.69) is 75.5 Å². The van der Waals surface area contributed by atoms with Gasteiger partial charge in [-0.05, 0) is 97.9 Å². The van der Waals surface area contributed by atoms with E-state index in [0.29, 0.717) is 10.8 Å². The van der Waals surface area contributed by atoms with Crippen molar-refractivity contribution in [3.8, 4) is 5.69 Å². The van der Waals surface area contributed by atoms with Crippen LogP contribution in [0, 0.1) is 13.8 Å². The third-order valence-electron chi connectivity index (χ3n) is 6.65. The molecule has 7 nitrogen and oxygen atoms in total. The number of pyridine rings is 1. The predicted octanol–water partition coefficient (Wildman–Crippen LogP) is 5.25. The highest BCUT2D eigenvalue weighted by molar-refractivity contribution is 7.80. The number of carbonyl (C=O) groups is 1. The minimum atomic E-state index is -0.201. The maximum atomic E-state index is 11.9. The van der Waals surface area contributed by atoms with Crippen LogP contribution in [-0.4, -0.2) is 34.3 Å². The summed E-state index contributed by atoms with van der Waals surface area (Å²) >= 11 is 5.88. The molecule has 2 N–H and O–H groups in total. The minimum Gasteiger partial charge on any atom is -0.375 e. The van der Waals surface area contributed by atoms with Crippen molar-refractivity contribution >= 4 is 34.6 Å². The zero-order valence-corrected chi connectivity index (χ0v) is 21.8. The molecule has 8 heteroatoms. The van der Waals surface area contributed by atoms with E-state index in [4.69, 9.17) is 17.0 Å². The van der Waals surface area contributed by atoms with Crippen LogP contribution in [0.3, 0.4) is 0 Å². The van der Waals surface area contributed by atoms with Crippen LogP contribution in [0.25, 0.3) is 5.69 Å². The fourth-order valence-electron chi connectivity index (χ4n) is 4.71. The number of benzene rings is 2. The molecule has 1 aliphatic heterocycles. The van der Waals surface area contributed by atoms with Crippen molar-refractivity contribution in [1.29, 1.82) is 0 Å². The lowest BCUT2D eigenvalue weighted by molar-refractivity contribution is -0.119. The van der Waals surface area contributed by atoms with Crippen molar-refractivity contribution < 1.29 is 9.53 Å². The van der Waals surface area contributed by atoms with E-state index in [9.17, 15) is 4.79 Å². The molecule has 4 aromatic rings. The highest BCUT2D eigenvalue weighted by atomic mass is 32.1. The summed E-state index contributed by atoms with van der Waals surface area (Å²) in [6.45, 7) is 4.25. The normalized spacial score (nSPS) is 17.1. The van der Waals surface area contributed by atoms with Gasteiger partial charge in [-0.2, -0.15) is 0 Å². The van der Waals surface area contributed by atoms with E-state index < -0.39 is 0 Å². The fourth-order valence-corrected chi connectivity index (χ4v) is 5.06. The molecular weight excluding hydrogens is 482 g/mol. The van der Waals surface area contributed by atoms with Gasteiger partial charge >= 0.3 is 0 Å². The molecule has 2 aromatic carbocycles. The van der Waals surface area contributed by atoms with Gasteiger partial charge in [-0.3, -0.25) is 9.78 Å². The molecule has 1 amide bonds. The Kier molecular flexibility index (Phi) is 7.03. The Hall–Kier alpha value is -4.01. The second kappa shape index (κ2) is 10.5. The highest BCUT2D eigenvalue weighted by Crippen LogP contribution is 2.42. The Morgan fingerprint density at radius 1 is 1.03 bits per heavy atom. The third-order valence-corrected chi connectivity index (χ3v) is 6.97. The van der Waals surface area contributed by atoms with Crippen molar-refractivity contribution in [2.45, 2.75) is 25.9 Å². The molecule has 188 valence electrons. The van der Waals surface area contributed by atoms with E-state index in [1.165, 1.54) is 18.2 Å². The zero-order valence-electron chi connectivity index (χ0n) is 21.0. The number of methoxy groups -OCH3 is 1. The number of aromatic nitrogens is 2. The summed E-state index contributed by atoms with van der Waals surface area (Å²) in [5, 5.41) is 6.97. The van der Waals surface area contributed by atoms with Crippen molar-refractivity contribution in [2.24, 2.45) is 0 Å². The summed E-state index contributed by atoms with van der Waals surface area (Å²) in [6.07, 6.45) is 3.89. The fraction of sp³-hybridized carbons (Fsp3) is 0.207. The molecule has 0 spiro atoms. The van der Waals surface area contributed by atoms with E-state index in [-0.39, 0.29) is 24.6 Å². The summed E-state index contributed by atoms with van der Waals surface area (Å²) in [5.41, 5.74) is 7.20. The summed E-state index contributed by atoms with van der Waals surface area (Å²) in [4.78, 5) is 18.7. The highest BCUT2D eigenvalue weighted by Gasteiger charge is 2.42. The number of nitrogens with zero attached hydrogens (tertiary/aromatic N) is 3. The van der Waals surface area contributed by atoms with Gasteiger partial charge in [0.25, 0.3) is 0 Å². The first-order valence-corrected chi connectivity index (χ1v) is 12.5. The molecule has 0 aliphatic carbocycles. The zero-order chi connectivity index (χ0) is 25.9. The van der Waals surface area contributed by atoms with Crippen LogP contribution in [0.4, 0.5) is 11.4 Å². The molecule has 0 radical (unpaired) electrons. The van der Waals surface area contributed by atoms with Crippen LogP contribution in [0.15, 0.2) is 85.2 Å². The number of anilines is 2. The Morgan fingerprint density at radius 3 is 2.51 bits per heavy atom. The molecule has 0 unspecified atom stereocenters. The predicted molar refractivity (Wildman–Crippen MR) is 150 cm³/mol. The van der Waals surface area contributed by atoms with Gasteiger partial charge in [0.1, 0.15) is 12.6 Å². The maximum absolute atomic E-state index is 11.9. The molecule has 1 fully saturated rings. The van der Waals surface area contributed by atoms with E-state index in [1.807, 2.05) is 42.5 Å². The van der Waals surface area contributed by atoms with Crippen molar-refractivity contribution in [1.82, 2.24) is 14.9 Å². The van der Waals surface area contributed by atoms with E-state index in [1.54, 1.807) is 6.20 Å².